The molecule has 0 amide bonds. The quantitative estimate of drug-likeness (QED) is 0.235. The van der Waals surface area contributed by atoms with E-state index in [9.17, 15) is 5.11 Å². The Morgan fingerprint density at radius 3 is 2.16 bits per heavy atom. The van der Waals surface area contributed by atoms with Gasteiger partial charge in [-0.3, -0.25) is 0 Å². The molecule has 7 aliphatic rings. The summed E-state index contributed by atoms with van der Waals surface area (Å²) in [6.45, 7) is 22.3. The van der Waals surface area contributed by atoms with Gasteiger partial charge in [0.2, 0.25) is 0 Å². The zero-order chi connectivity index (χ0) is 31.8. The highest BCUT2D eigenvalue weighted by molar-refractivity contribution is 5.23. The van der Waals surface area contributed by atoms with Crippen molar-refractivity contribution in [2.45, 2.75) is 163 Å². The van der Waals surface area contributed by atoms with Crippen molar-refractivity contribution >= 4 is 0 Å². The number of rotatable bonds is 6. The number of hydrogen-bond donors (Lipinski definition) is 1. The predicted molar refractivity (Wildman–Crippen MR) is 178 cm³/mol. The molecule has 2 heterocycles. The van der Waals surface area contributed by atoms with E-state index in [1.807, 2.05) is 0 Å². The Balaban J connectivity index is 1.16. The molecule has 13 atom stereocenters. The van der Waals surface area contributed by atoms with Crippen molar-refractivity contribution in [3.8, 4) is 0 Å². The van der Waals surface area contributed by atoms with Crippen LogP contribution in [-0.2, 0) is 18.9 Å². The smallest absolute Gasteiger partial charge is 0.157 e. The molecule has 5 saturated carbocycles. The van der Waals surface area contributed by atoms with Crippen molar-refractivity contribution in [1.82, 2.24) is 0 Å². The molecule has 45 heavy (non-hydrogen) atoms. The van der Waals surface area contributed by atoms with Crippen LogP contribution in [0, 0.1) is 56.7 Å². The Kier molecular flexibility index (Phi) is 8.71. The van der Waals surface area contributed by atoms with Crippen LogP contribution in [0.3, 0.4) is 0 Å². The summed E-state index contributed by atoms with van der Waals surface area (Å²) in [5.74, 6) is 2.61. The van der Waals surface area contributed by atoms with Gasteiger partial charge in [0.05, 0.1) is 18.8 Å². The molecule has 0 bridgehead atoms. The SMILES string of the molecule is C=C(C)[C@@H]1C(O)C[C@]2(COC3CCCCO3)CC[C@]3(C)[C@H](CC[C@@H]4[C@@]5(C)CCC(OC6CCCCO6)C(C)(C)[C@@H]5CC[C@]43C)[C@@H]12. The van der Waals surface area contributed by atoms with Crippen LogP contribution >= 0.6 is 0 Å². The monoisotopic (exact) mass is 626 g/mol. The summed E-state index contributed by atoms with van der Waals surface area (Å²) in [6.07, 6.45) is 17.6. The van der Waals surface area contributed by atoms with E-state index >= 15 is 0 Å². The van der Waals surface area contributed by atoms with Crippen LogP contribution < -0.4 is 0 Å². The highest BCUT2D eigenvalue weighted by atomic mass is 16.7. The topological polar surface area (TPSA) is 57.2 Å². The third-order valence-electron chi connectivity index (χ3n) is 16.3. The zero-order valence-corrected chi connectivity index (χ0v) is 29.7. The van der Waals surface area contributed by atoms with E-state index in [0.29, 0.717) is 28.6 Å². The zero-order valence-electron chi connectivity index (χ0n) is 29.7. The van der Waals surface area contributed by atoms with Gasteiger partial charge in [-0.15, -0.1) is 0 Å². The fraction of sp³-hybridized carbons (Fsp3) is 0.950. The third-order valence-corrected chi connectivity index (χ3v) is 16.3. The minimum absolute atomic E-state index is 0.00484. The van der Waals surface area contributed by atoms with Crippen LogP contribution in [0.25, 0.3) is 0 Å². The van der Waals surface area contributed by atoms with Crippen molar-refractivity contribution in [1.29, 1.82) is 0 Å². The van der Waals surface area contributed by atoms with E-state index in [2.05, 4.69) is 48.1 Å². The molecule has 0 aromatic carbocycles. The summed E-state index contributed by atoms with van der Waals surface area (Å²) >= 11 is 0. The molecule has 0 aromatic heterocycles. The van der Waals surface area contributed by atoms with E-state index in [1.54, 1.807) is 0 Å². The first-order chi connectivity index (χ1) is 21.4. The Labute approximate surface area is 274 Å². The van der Waals surface area contributed by atoms with Gasteiger partial charge in [-0.25, -0.2) is 0 Å². The molecule has 1 N–H and O–H groups in total. The lowest BCUT2D eigenvalue weighted by Crippen LogP contribution is -2.67. The first kappa shape index (κ1) is 33.1. The van der Waals surface area contributed by atoms with Crippen molar-refractivity contribution in [2.24, 2.45) is 56.7 Å². The molecule has 7 fully saturated rings. The van der Waals surface area contributed by atoms with Crippen LogP contribution in [0.2, 0.25) is 0 Å². The van der Waals surface area contributed by atoms with Crippen molar-refractivity contribution < 1.29 is 24.1 Å². The van der Waals surface area contributed by atoms with Crippen molar-refractivity contribution in [2.75, 3.05) is 19.8 Å². The summed E-state index contributed by atoms with van der Waals surface area (Å²) in [6, 6.07) is 0. The minimum atomic E-state index is -0.311. The van der Waals surface area contributed by atoms with E-state index in [0.717, 1.165) is 64.3 Å². The second kappa shape index (κ2) is 11.9. The molecule has 0 radical (unpaired) electrons. The molecule has 0 spiro atoms. The lowest BCUT2D eigenvalue weighted by Gasteiger charge is -2.73. The maximum absolute atomic E-state index is 11.7. The molecular weight excluding hydrogens is 560 g/mol. The molecular formula is C40H66O5. The lowest BCUT2D eigenvalue weighted by atomic mass is 9.32. The summed E-state index contributed by atoms with van der Waals surface area (Å²) < 4.78 is 25.6. The van der Waals surface area contributed by atoms with E-state index in [4.69, 9.17) is 18.9 Å². The largest absolute Gasteiger partial charge is 0.392 e. The van der Waals surface area contributed by atoms with Gasteiger partial charge in [0.1, 0.15) is 0 Å². The molecule has 2 aliphatic heterocycles. The standard InChI is InChI=1S/C40H66O5/c1-26(2)34-28(41)24-40(25-44-32-12-8-10-22-42-32)21-20-38(6)27(35(34)40)14-15-30-37(5)18-17-31(45-33-13-9-11-23-43-33)36(3,4)29(37)16-19-39(30,38)7/h27-35,41H,1,8-25H2,2-7H3/t27-,28?,29+,30-,31?,32?,33?,34-,35+,37+,38-,39-,40+/m1/s1. The first-order valence-corrected chi connectivity index (χ1v) is 19.2. The van der Waals surface area contributed by atoms with Gasteiger partial charge in [0.15, 0.2) is 12.6 Å². The average molecular weight is 627 g/mol. The second-order valence-corrected chi connectivity index (χ2v) is 18.6. The molecule has 5 aliphatic carbocycles. The van der Waals surface area contributed by atoms with Crippen LogP contribution in [-0.4, -0.2) is 49.7 Å². The van der Waals surface area contributed by atoms with Gasteiger partial charge >= 0.3 is 0 Å². The number of aliphatic hydroxyl groups is 1. The van der Waals surface area contributed by atoms with Gasteiger partial charge in [-0.1, -0.05) is 46.8 Å². The lowest BCUT2D eigenvalue weighted by molar-refractivity contribution is -0.276. The Morgan fingerprint density at radius 1 is 0.778 bits per heavy atom. The molecule has 7 rings (SSSR count). The Bertz CT molecular complexity index is 1090. The molecule has 2 saturated heterocycles. The summed E-state index contributed by atoms with van der Waals surface area (Å²) in [7, 11) is 0. The van der Waals surface area contributed by atoms with Gasteiger partial charge in [0, 0.05) is 24.5 Å². The number of hydrogen-bond acceptors (Lipinski definition) is 5. The predicted octanol–water partition coefficient (Wildman–Crippen LogP) is 9.07. The second-order valence-electron chi connectivity index (χ2n) is 18.6. The maximum atomic E-state index is 11.7. The van der Waals surface area contributed by atoms with Crippen LogP contribution in [0.4, 0.5) is 0 Å². The van der Waals surface area contributed by atoms with Crippen molar-refractivity contribution in [3.05, 3.63) is 12.2 Å². The van der Waals surface area contributed by atoms with Gasteiger partial charge in [-0.2, -0.15) is 0 Å². The summed E-state index contributed by atoms with van der Waals surface area (Å²) in [5.41, 5.74) is 2.23. The van der Waals surface area contributed by atoms with E-state index in [1.165, 1.54) is 63.4 Å². The highest BCUT2D eigenvalue weighted by Gasteiger charge is 2.72. The average Bonchev–Trinajstić information content (AvgIpc) is 3.31. The molecule has 5 nitrogen and oxygen atoms in total. The molecule has 5 heteroatoms. The molecule has 4 unspecified atom stereocenters. The fourth-order valence-electron chi connectivity index (χ4n) is 14.0. The van der Waals surface area contributed by atoms with E-state index in [-0.39, 0.29) is 47.0 Å². The van der Waals surface area contributed by atoms with Crippen LogP contribution in [0.1, 0.15) is 138 Å². The summed E-state index contributed by atoms with van der Waals surface area (Å²) in [5, 5.41) is 11.7. The van der Waals surface area contributed by atoms with Gasteiger partial charge in [0.25, 0.3) is 0 Å². The fourth-order valence-corrected chi connectivity index (χ4v) is 14.0. The molecule has 256 valence electrons. The Morgan fingerprint density at radius 2 is 1.49 bits per heavy atom. The van der Waals surface area contributed by atoms with Gasteiger partial charge in [-0.05, 0) is 149 Å². The Hall–Kier alpha value is -0.460. The first-order valence-electron chi connectivity index (χ1n) is 19.2. The normalized spacial score (nSPS) is 52.6. The van der Waals surface area contributed by atoms with Crippen LogP contribution in [0.15, 0.2) is 12.2 Å². The number of aliphatic hydroxyl groups excluding tert-OH is 1. The number of ether oxygens (including phenoxy) is 4. The summed E-state index contributed by atoms with van der Waals surface area (Å²) in [4.78, 5) is 0. The van der Waals surface area contributed by atoms with E-state index < -0.39 is 0 Å². The highest BCUT2D eigenvalue weighted by Crippen LogP contribution is 2.77. The molecule has 0 aromatic rings. The maximum Gasteiger partial charge on any atom is 0.157 e. The van der Waals surface area contributed by atoms with Crippen molar-refractivity contribution in [3.63, 3.8) is 0 Å². The third kappa shape index (κ3) is 5.09. The van der Waals surface area contributed by atoms with Crippen LogP contribution in [0.5, 0.6) is 0 Å². The number of fused-ring (bicyclic) bond motifs is 7. The minimum Gasteiger partial charge on any atom is -0.392 e. The van der Waals surface area contributed by atoms with Gasteiger partial charge < -0.3 is 24.1 Å².